The number of benzene rings is 1. The van der Waals surface area contributed by atoms with Crippen molar-refractivity contribution in [3.63, 3.8) is 0 Å². The van der Waals surface area contributed by atoms with Crippen LogP contribution in [0.15, 0.2) is 45.5 Å². The van der Waals surface area contributed by atoms with Gasteiger partial charge in [-0.1, -0.05) is 23.9 Å². The molecule has 1 aliphatic rings. The maximum atomic E-state index is 12.1. The summed E-state index contributed by atoms with van der Waals surface area (Å²) in [6.45, 7) is 2.07. The number of hydrogen-bond donors (Lipinski definition) is 0. The Kier molecular flexibility index (Phi) is 2.65. The van der Waals surface area contributed by atoms with Crippen LogP contribution in [0, 0.1) is 6.92 Å². The SMILES string of the molecule is Cc1ccsc1/C=C1/Sc2ccccc2C1=O. The smallest absolute Gasteiger partial charge is 0.200 e. The lowest BCUT2D eigenvalue weighted by Gasteiger charge is -1.94. The van der Waals surface area contributed by atoms with Gasteiger partial charge in [-0.15, -0.1) is 11.3 Å². The number of thiophene rings is 1. The van der Waals surface area contributed by atoms with Crippen LogP contribution in [0.4, 0.5) is 0 Å². The summed E-state index contributed by atoms with van der Waals surface area (Å²) in [5.41, 5.74) is 2.06. The maximum absolute atomic E-state index is 12.1. The third-order valence-electron chi connectivity index (χ3n) is 2.74. The number of thioether (sulfide) groups is 1. The maximum Gasteiger partial charge on any atom is 0.200 e. The van der Waals surface area contributed by atoms with Gasteiger partial charge in [-0.25, -0.2) is 0 Å². The summed E-state index contributed by atoms with van der Waals surface area (Å²) in [7, 11) is 0. The van der Waals surface area contributed by atoms with E-state index in [0.29, 0.717) is 0 Å². The summed E-state index contributed by atoms with van der Waals surface area (Å²) < 4.78 is 0. The van der Waals surface area contributed by atoms with Crippen molar-refractivity contribution in [2.24, 2.45) is 0 Å². The molecule has 3 rings (SSSR count). The highest BCUT2D eigenvalue weighted by molar-refractivity contribution is 8.04. The van der Waals surface area contributed by atoms with Gasteiger partial charge < -0.3 is 0 Å². The molecule has 17 heavy (non-hydrogen) atoms. The molecule has 0 fully saturated rings. The number of rotatable bonds is 1. The molecule has 1 aromatic carbocycles. The van der Waals surface area contributed by atoms with Crippen LogP contribution in [0.1, 0.15) is 20.8 Å². The molecule has 2 aromatic rings. The van der Waals surface area contributed by atoms with Crippen LogP contribution >= 0.6 is 23.1 Å². The van der Waals surface area contributed by atoms with Crippen LogP contribution in [-0.2, 0) is 0 Å². The zero-order valence-electron chi connectivity index (χ0n) is 9.27. The Labute approximate surface area is 108 Å². The van der Waals surface area contributed by atoms with E-state index in [1.807, 2.05) is 30.3 Å². The molecular weight excluding hydrogens is 248 g/mol. The molecule has 0 saturated carbocycles. The van der Waals surface area contributed by atoms with Crippen LogP contribution in [0.2, 0.25) is 0 Å². The molecule has 1 nitrogen and oxygen atoms in total. The highest BCUT2D eigenvalue weighted by atomic mass is 32.2. The summed E-state index contributed by atoms with van der Waals surface area (Å²) in [4.78, 5) is 15.2. The number of carbonyl (C=O) groups is 1. The molecule has 0 N–H and O–H groups in total. The molecule has 0 amide bonds. The molecule has 0 unspecified atom stereocenters. The fraction of sp³-hybridized carbons (Fsp3) is 0.0714. The van der Waals surface area contributed by atoms with Crippen LogP contribution in [0.5, 0.6) is 0 Å². The molecule has 1 aromatic heterocycles. The van der Waals surface area contributed by atoms with E-state index >= 15 is 0 Å². The van der Waals surface area contributed by atoms with Crippen molar-refractivity contribution in [2.75, 3.05) is 0 Å². The van der Waals surface area contributed by atoms with Crippen molar-refractivity contribution in [3.05, 3.63) is 56.6 Å². The Balaban J connectivity index is 2.02. The Hall–Kier alpha value is -1.32. The first-order valence-electron chi connectivity index (χ1n) is 5.33. The molecule has 0 aliphatic carbocycles. The molecule has 1 aliphatic heterocycles. The standard InChI is InChI=1S/C14H10OS2/c1-9-6-7-16-12(9)8-13-14(15)10-4-2-3-5-11(10)17-13/h2-8H,1H3/b13-8+. The number of hydrogen-bond acceptors (Lipinski definition) is 3. The summed E-state index contributed by atoms with van der Waals surface area (Å²) in [6, 6.07) is 9.86. The third kappa shape index (κ3) is 1.85. The molecule has 0 spiro atoms. The lowest BCUT2D eigenvalue weighted by molar-refractivity contribution is 0.104. The summed E-state index contributed by atoms with van der Waals surface area (Å²) in [5.74, 6) is 0.151. The quantitative estimate of drug-likeness (QED) is 0.706. The van der Waals surface area contributed by atoms with Gasteiger partial charge in [0.2, 0.25) is 5.78 Å². The highest BCUT2D eigenvalue weighted by Crippen LogP contribution is 2.41. The van der Waals surface area contributed by atoms with Gasteiger partial charge in [0, 0.05) is 15.3 Å². The van der Waals surface area contributed by atoms with Gasteiger partial charge in [-0.2, -0.15) is 0 Å². The number of ketones is 1. The molecule has 3 heteroatoms. The largest absolute Gasteiger partial charge is 0.288 e. The summed E-state index contributed by atoms with van der Waals surface area (Å²) >= 11 is 3.24. The second kappa shape index (κ2) is 4.17. The molecule has 0 saturated heterocycles. The average molecular weight is 258 g/mol. The topological polar surface area (TPSA) is 17.1 Å². The van der Waals surface area contributed by atoms with Crippen LogP contribution in [0.25, 0.3) is 6.08 Å². The molecule has 2 heterocycles. The Morgan fingerprint density at radius 2 is 2.00 bits per heavy atom. The van der Waals surface area contributed by atoms with E-state index in [-0.39, 0.29) is 5.78 Å². The fourth-order valence-electron chi connectivity index (χ4n) is 1.79. The van der Waals surface area contributed by atoms with E-state index in [9.17, 15) is 4.79 Å². The van der Waals surface area contributed by atoms with E-state index in [1.54, 1.807) is 23.1 Å². The molecule has 0 radical (unpaired) electrons. The van der Waals surface area contributed by atoms with Crippen molar-refractivity contribution in [1.82, 2.24) is 0 Å². The highest BCUT2D eigenvalue weighted by Gasteiger charge is 2.25. The molecule has 0 atom stereocenters. The van der Waals surface area contributed by atoms with Crippen molar-refractivity contribution in [3.8, 4) is 0 Å². The van der Waals surface area contributed by atoms with Crippen molar-refractivity contribution in [1.29, 1.82) is 0 Å². The predicted octanol–water partition coefficient (Wildman–Crippen LogP) is 4.39. The molecule has 0 bridgehead atoms. The van der Waals surface area contributed by atoms with Crippen molar-refractivity contribution >= 4 is 35.0 Å². The van der Waals surface area contributed by atoms with Gasteiger partial charge in [0.25, 0.3) is 0 Å². The summed E-state index contributed by atoms with van der Waals surface area (Å²) in [5, 5.41) is 2.05. The Bertz CT molecular complexity index is 623. The zero-order chi connectivity index (χ0) is 11.8. The first-order chi connectivity index (χ1) is 8.25. The predicted molar refractivity (Wildman–Crippen MR) is 73.7 cm³/mol. The Morgan fingerprint density at radius 3 is 2.71 bits per heavy atom. The van der Waals surface area contributed by atoms with E-state index in [2.05, 4.69) is 18.4 Å². The first-order valence-corrected chi connectivity index (χ1v) is 7.03. The van der Waals surface area contributed by atoms with Crippen LogP contribution < -0.4 is 0 Å². The van der Waals surface area contributed by atoms with Crippen LogP contribution in [0.3, 0.4) is 0 Å². The Morgan fingerprint density at radius 1 is 1.18 bits per heavy atom. The van der Waals surface area contributed by atoms with E-state index in [4.69, 9.17) is 0 Å². The lowest BCUT2D eigenvalue weighted by atomic mass is 10.1. The number of aryl methyl sites for hydroxylation is 1. The van der Waals surface area contributed by atoms with Gasteiger partial charge in [-0.05, 0) is 42.1 Å². The monoisotopic (exact) mass is 258 g/mol. The number of carbonyl (C=O) groups excluding carboxylic acids is 1. The minimum Gasteiger partial charge on any atom is -0.288 e. The molecule has 84 valence electrons. The van der Waals surface area contributed by atoms with Crippen LogP contribution in [-0.4, -0.2) is 5.78 Å². The second-order valence-corrected chi connectivity index (χ2v) is 5.94. The van der Waals surface area contributed by atoms with Crippen molar-refractivity contribution < 1.29 is 4.79 Å². The number of fused-ring (bicyclic) bond motifs is 1. The molecular formula is C14H10OS2. The average Bonchev–Trinajstić information content (AvgIpc) is 2.87. The van der Waals surface area contributed by atoms with Gasteiger partial charge in [0.1, 0.15) is 0 Å². The number of Topliss-reactive ketones (excluding diaryl/α,β-unsaturated/α-hetero) is 1. The van der Waals surface area contributed by atoms with E-state index in [0.717, 1.165) is 15.4 Å². The lowest BCUT2D eigenvalue weighted by Crippen LogP contribution is -1.93. The zero-order valence-corrected chi connectivity index (χ0v) is 10.9. The van der Waals surface area contributed by atoms with Gasteiger partial charge in [0.05, 0.1) is 4.91 Å². The summed E-state index contributed by atoms with van der Waals surface area (Å²) in [6.07, 6.45) is 2.01. The van der Waals surface area contributed by atoms with Gasteiger partial charge in [0.15, 0.2) is 0 Å². The van der Waals surface area contributed by atoms with Crippen molar-refractivity contribution in [2.45, 2.75) is 11.8 Å². The normalized spacial score (nSPS) is 16.5. The number of allylic oxidation sites excluding steroid dienone is 1. The third-order valence-corrected chi connectivity index (χ3v) is 4.80. The fourth-order valence-corrected chi connectivity index (χ4v) is 3.75. The van der Waals surface area contributed by atoms with E-state index < -0.39 is 0 Å². The van der Waals surface area contributed by atoms with E-state index in [1.165, 1.54) is 10.4 Å². The minimum atomic E-state index is 0.151. The minimum absolute atomic E-state index is 0.151. The second-order valence-electron chi connectivity index (χ2n) is 3.90. The van der Waals surface area contributed by atoms with Gasteiger partial charge >= 0.3 is 0 Å². The van der Waals surface area contributed by atoms with Gasteiger partial charge in [-0.3, -0.25) is 4.79 Å². The first kappa shape index (κ1) is 10.8.